The van der Waals surface area contributed by atoms with Crippen LogP contribution in [0.4, 0.5) is 68.2 Å². The first-order valence-electron chi connectivity index (χ1n) is 50.8. The van der Waals surface area contributed by atoms with Crippen LogP contribution in [-0.2, 0) is 0 Å². The Hall–Kier alpha value is -19.5. The second-order valence-corrected chi connectivity index (χ2v) is 37.7. The average Bonchev–Trinajstić information content (AvgIpc) is 0.734. The molecule has 26 rings (SSSR count). The van der Waals surface area contributed by atoms with Gasteiger partial charge >= 0.3 is 0 Å². The molecule has 26 aromatic rings. The average molecular weight is 1890 g/mol. The Balaban J connectivity index is 0.000000154. The van der Waals surface area contributed by atoms with E-state index in [0.29, 0.717) is 0 Å². The Morgan fingerprint density at radius 1 is 0.0811 bits per heavy atom. The monoisotopic (exact) mass is 1880 g/mol. The molecule has 0 spiro atoms. The van der Waals surface area contributed by atoms with Crippen molar-refractivity contribution in [3.05, 3.63) is 607 Å². The predicted molar refractivity (Wildman–Crippen MR) is 631 cm³/mol. The molecule has 0 fully saturated rings. The molecule has 0 atom stereocenters. The summed E-state index contributed by atoms with van der Waals surface area (Å²) < 4.78 is 0. The smallest absolute Gasteiger partial charge is 0.0463 e. The highest BCUT2D eigenvalue weighted by molar-refractivity contribution is 6.23. The zero-order valence-electron chi connectivity index (χ0n) is 81.5. The Morgan fingerprint density at radius 3 is 0.439 bits per heavy atom. The summed E-state index contributed by atoms with van der Waals surface area (Å²) >= 11 is 0. The first kappa shape index (κ1) is 89.8. The largest absolute Gasteiger partial charge is 0.311 e. The number of hydrogen-bond acceptors (Lipinski definition) is 4. The number of hydrogen-bond donors (Lipinski definition) is 0. The lowest BCUT2D eigenvalue weighted by molar-refractivity contribution is 1.26. The van der Waals surface area contributed by atoms with Crippen molar-refractivity contribution in [2.75, 3.05) is 19.6 Å². The fourth-order valence-corrected chi connectivity index (χ4v) is 21.8. The summed E-state index contributed by atoms with van der Waals surface area (Å²) in [6.07, 6.45) is 0. The summed E-state index contributed by atoms with van der Waals surface area (Å²) in [5.41, 5.74) is 37.1. The molecule has 0 aliphatic rings. The molecule has 0 aliphatic heterocycles. The van der Waals surface area contributed by atoms with E-state index in [4.69, 9.17) is 0 Å². The Kier molecular flexibility index (Phi) is 24.6. The summed E-state index contributed by atoms with van der Waals surface area (Å²) in [7, 11) is 0. The van der Waals surface area contributed by atoms with Gasteiger partial charge in [-0.05, 0) is 321 Å². The van der Waals surface area contributed by atoms with E-state index in [1.165, 1.54) is 176 Å². The van der Waals surface area contributed by atoms with Crippen LogP contribution < -0.4 is 19.6 Å². The van der Waals surface area contributed by atoms with Gasteiger partial charge in [0, 0.05) is 68.2 Å². The van der Waals surface area contributed by atoms with Gasteiger partial charge in [-0.25, -0.2) is 0 Å². The highest BCUT2D eigenvalue weighted by Gasteiger charge is 2.25. The quantitative estimate of drug-likeness (QED) is 0.0627. The molecule has 0 radical (unpaired) electrons. The van der Waals surface area contributed by atoms with Crippen molar-refractivity contribution in [1.82, 2.24) is 0 Å². The van der Waals surface area contributed by atoms with Gasteiger partial charge in [-0.2, -0.15) is 0 Å². The van der Waals surface area contributed by atoms with Crippen molar-refractivity contribution in [2.24, 2.45) is 0 Å². The van der Waals surface area contributed by atoms with E-state index in [2.05, 4.69) is 626 Å². The first-order valence-corrected chi connectivity index (χ1v) is 50.8. The summed E-state index contributed by atoms with van der Waals surface area (Å²) in [5.74, 6) is 0. The number of anilines is 12. The molecule has 0 amide bonds. The maximum absolute atomic E-state index is 2.36. The standard InChI is InChI=1S/C74H52N2.C70H48N2/c1-5-17-53(18-6-1)55-29-33-57(34-30-55)59-37-43-64(44-38-59)76(65-45-39-60(40-46-65)58-35-31-56(32-36-58)54-19-7-2-8-20-54)68-51-49-67(50-52-68)75(63-23-11-4-12-24-63)66-47-41-62(42-48-66)74-71-27-15-13-25-69(71)73(61-21-9-3-10-22-61)70-26-14-16-28-72(70)74;1-3-19-53(20-4-1)69-65-27-11-13-29-67(65)70(68-30-14-12-28-66(68)69)54-37-43-58(44-38-54)71(55-23-5-2-6-24-55)59-45-47-60(48-46-59)72(56-39-33-51(34-40-56)63-31-15-21-49-17-7-9-25-61(49)63)57-41-35-52(36-42-57)64-32-16-22-50-18-8-10-26-62(50)64/h1-52H;1-48H. The molecule has 0 saturated heterocycles. The van der Waals surface area contributed by atoms with Crippen LogP contribution in [-0.4, -0.2) is 0 Å². The van der Waals surface area contributed by atoms with Gasteiger partial charge in [-0.15, -0.1) is 0 Å². The van der Waals surface area contributed by atoms with Crippen LogP contribution in [0, 0.1) is 0 Å². The molecular weight excluding hydrogens is 1790 g/mol. The molecular formula is C144H100N4. The zero-order chi connectivity index (χ0) is 98.4. The minimum absolute atomic E-state index is 1.06. The van der Waals surface area contributed by atoms with Crippen LogP contribution in [0.1, 0.15) is 0 Å². The molecule has 148 heavy (non-hydrogen) atoms. The Bertz CT molecular complexity index is 8830. The van der Waals surface area contributed by atoms with Gasteiger partial charge in [-0.1, -0.05) is 461 Å². The topological polar surface area (TPSA) is 13.0 Å². The van der Waals surface area contributed by atoms with E-state index in [-0.39, 0.29) is 0 Å². The molecule has 0 aliphatic carbocycles. The lowest BCUT2D eigenvalue weighted by atomic mass is 9.86. The van der Waals surface area contributed by atoms with Crippen molar-refractivity contribution in [1.29, 1.82) is 0 Å². The van der Waals surface area contributed by atoms with Gasteiger partial charge in [0.2, 0.25) is 0 Å². The molecule has 4 nitrogen and oxygen atoms in total. The van der Waals surface area contributed by atoms with Gasteiger partial charge in [0.05, 0.1) is 0 Å². The van der Waals surface area contributed by atoms with E-state index in [1.807, 2.05) is 0 Å². The molecule has 26 aromatic carbocycles. The van der Waals surface area contributed by atoms with Crippen LogP contribution in [0.5, 0.6) is 0 Å². The lowest BCUT2D eigenvalue weighted by Crippen LogP contribution is -2.12. The van der Waals surface area contributed by atoms with Crippen LogP contribution in [0.15, 0.2) is 607 Å². The molecule has 0 aromatic heterocycles. The minimum Gasteiger partial charge on any atom is -0.311 e. The first-order chi connectivity index (χ1) is 73.4. The fourth-order valence-electron chi connectivity index (χ4n) is 21.8. The third-order valence-electron chi connectivity index (χ3n) is 28.9. The van der Waals surface area contributed by atoms with Gasteiger partial charge in [0.25, 0.3) is 0 Å². The molecule has 0 bridgehead atoms. The fraction of sp³-hybridized carbons (Fsp3) is 0. The molecule has 4 heteroatoms. The van der Waals surface area contributed by atoms with E-state index in [9.17, 15) is 0 Å². The van der Waals surface area contributed by atoms with E-state index in [1.54, 1.807) is 0 Å². The van der Waals surface area contributed by atoms with E-state index in [0.717, 1.165) is 68.2 Å². The van der Waals surface area contributed by atoms with Crippen molar-refractivity contribution in [3.8, 4) is 111 Å². The summed E-state index contributed by atoms with van der Waals surface area (Å²) in [4.78, 5) is 9.42. The summed E-state index contributed by atoms with van der Waals surface area (Å²) in [6, 6.07) is 220. The van der Waals surface area contributed by atoms with Gasteiger partial charge in [0.1, 0.15) is 0 Å². The van der Waals surface area contributed by atoms with Crippen LogP contribution in [0.2, 0.25) is 0 Å². The van der Waals surface area contributed by atoms with Gasteiger partial charge < -0.3 is 19.6 Å². The summed E-state index contributed by atoms with van der Waals surface area (Å²) in [6.45, 7) is 0. The van der Waals surface area contributed by atoms with Crippen LogP contribution >= 0.6 is 0 Å². The highest BCUT2D eigenvalue weighted by Crippen LogP contribution is 2.51. The molecule has 696 valence electrons. The number of rotatable bonds is 22. The third-order valence-corrected chi connectivity index (χ3v) is 28.9. The van der Waals surface area contributed by atoms with Crippen LogP contribution in [0.3, 0.4) is 0 Å². The Labute approximate surface area is 864 Å². The Morgan fingerprint density at radius 2 is 0.216 bits per heavy atom. The predicted octanol–water partition coefficient (Wildman–Crippen LogP) is 40.8. The van der Waals surface area contributed by atoms with Gasteiger partial charge in [0.15, 0.2) is 0 Å². The summed E-state index contributed by atoms with van der Waals surface area (Å²) in [5, 5.41) is 15.0. The van der Waals surface area contributed by atoms with Crippen molar-refractivity contribution < 1.29 is 0 Å². The second-order valence-electron chi connectivity index (χ2n) is 37.7. The van der Waals surface area contributed by atoms with Crippen molar-refractivity contribution >= 4 is 133 Å². The number of benzene rings is 26. The van der Waals surface area contributed by atoms with Gasteiger partial charge in [-0.3, -0.25) is 0 Å². The van der Waals surface area contributed by atoms with Crippen molar-refractivity contribution in [2.45, 2.75) is 0 Å². The maximum Gasteiger partial charge on any atom is 0.0463 e. The van der Waals surface area contributed by atoms with E-state index < -0.39 is 0 Å². The molecule has 0 unspecified atom stereocenters. The zero-order valence-corrected chi connectivity index (χ0v) is 81.5. The molecule has 0 saturated carbocycles. The van der Waals surface area contributed by atoms with Crippen LogP contribution in [0.25, 0.3) is 176 Å². The second kappa shape index (κ2) is 40.5. The van der Waals surface area contributed by atoms with Crippen molar-refractivity contribution in [3.63, 3.8) is 0 Å². The normalized spacial score (nSPS) is 11.2. The van der Waals surface area contributed by atoms with E-state index >= 15 is 0 Å². The third kappa shape index (κ3) is 17.8. The number of fused-ring (bicyclic) bond motifs is 6. The molecule has 0 heterocycles. The number of nitrogens with zero attached hydrogens (tertiary/aromatic N) is 4. The lowest BCUT2D eigenvalue weighted by Gasteiger charge is -2.29. The highest BCUT2D eigenvalue weighted by atomic mass is 15.2. The molecule has 0 N–H and O–H groups in total. The SMILES string of the molecule is c1ccc(-c2c3ccccc3c(-c3ccc(N(c4ccccc4)c4ccc(N(c5ccc(-c6cccc7ccccc67)cc5)c5ccc(-c6cccc7ccccc67)cc5)cc4)cc3)c3ccccc23)cc1.c1ccc(-c2ccc(-c3ccc(N(c4ccc(-c5ccc(-c6ccccc6)cc5)cc4)c4ccc(N(c5ccccc5)c5ccc(-c6c7ccccc7c(-c7ccccc7)c7ccccc67)cc5)cc4)cc3)cc2)cc1. The maximum atomic E-state index is 2.36. The minimum atomic E-state index is 1.06. The number of para-hydroxylation sites is 2.